The predicted molar refractivity (Wildman–Crippen MR) is 59.3 cm³/mol. The lowest BCUT2D eigenvalue weighted by Gasteiger charge is -2.39. The van der Waals surface area contributed by atoms with Crippen LogP contribution in [0.2, 0.25) is 0 Å². The Bertz CT molecular complexity index is 169. The summed E-state index contributed by atoms with van der Waals surface area (Å²) in [6, 6.07) is 0.543. The third-order valence-electron chi connectivity index (χ3n) is 3.44. The van der Waals surface area contributed by atoms with Crippen LogP contribution in [0.15, 0.2) is 0 Å². The Kier molecular flexibility index (Phi) is 4.35. The van der Waals surface area contributed by atoms with E-state index in [2.05, 4.69) is 25.7 Å². The molecule has 3 heteroatoms. The number of hydrogen-bond acceptors (Lipinski definition) is 3. The second kappa shape index (κ2) is 5.10. The molecule has 0 spiro atoms. The molecular weight excluding hydrogens is 176 g/mol. The molecule has 0 aromatic rings. The van der Waals surface area contributed by atoms with E-state index in [0.29, 0.717) is 6.04 Å². The summed E-state index contributed by atoms with van der Waals surface area (Å²) in [5.74, 6) is 0. The number of nitrogens with two attached hydrogens (primary N) is 1. The van der Waals surface area contributed by atoms with Crippen molar-refractivity contribution in [2.75, 3.05) is 32.8 Å². The topological polar surface area (TPSA) is 38.5 Å². The van der Waals surface area contributed by atoms with Crippen molar-refractivity contribution >= 4 is 0 Å². The summed E-state index contributed by atoms with van der Waals surface area (Å²) in [5.41, 5.74) is 6.09. The minimum atomic E-state index is 0.269. The Morgan fingerprint density at radius 3 is 2.79 bits per heavy atom. The maximum absolute atomic E-state index is 5.82. The summed E-state index contributed by atoms with van der Waals surface area (Å²) in [4.78, 5) is 2.50. The number of nitrogens with zero attached hydrogens (tertiary/aromatic N) is 1. The van der Waals surface area contributed by atoms with Gasteiger partial charge in [-0.05, 0) is 25.3 Å². The maximum Gasteiger partial charge on any atom is 0.0619 e. The summed E-state index contributed by atoms with van der Waals surface area (Å²) in [6.07, 6.45) is 1.15. The molecule has 2 atom stereocenters. The van der Waals surface area contributed by atoms with E-state index in [1.807, 2.05) is 0 Å². The lowest BCUT2D eigenvalue weighted by Crippen LogP contribution is -2.49. The first-order chi connectivity index (χ1) is 6.61. The quantitative estimate of drug-likeness (QED) is 0.738. The Morgan fingerprint density at radius 2 is 2.29 bits per heavy atom. The van der Waals surface area contributed by atoms with Gasteiger partial charge in [-0.2, -0.15) is 0 Å². The van der Waals surface area contributed by atoms with Gasteiger partial charge >= 0.3 is 0 Å². The molecule has 1 rings (SSSR count). The van der Waals surface area contributed by atoms with Crippen molar-refractivity contribution in [3.8, 4) is 0 Å². The van der Waals surface area contributed by atoms with Crippen molar-refractivity contribution in [1.82, 2.24) is 4.90 Å². The van der Waals surface area contributed by atoms with Crippen molar-refractivity contribution in [1.29, 1.82) is 0 Å². The van der Waals surface area contributed by atoms with Crippen LogP contribution in [-0.4, -0.2) is 43.8 Å². The fourth-order valence-electron chi connectivity index (χ4n) is 1.81. The molecule has 84 valence electrons. The third kappa shape index (κ3) is 2.94. The van der Waals surface area contributed by atoms with Gasteiger partial charge in [-0.25, -0.2) is 0 Å². The van der Waals surface area contributed by atoms with Gasteiger partial charge in [0.05, 0.1) is 13.2 Å². The minimum absolute atomic E-state index is 0.269. The van der Waals surface area contributed by atoms with Gasteiger partial charge in [-0.15, -0.1) is 0 Å². The molecule has 1 aliphatic heterocycles. The average molecular weight is 200 g/mol. The molecule has 1 saturated heterocycles. The maximum atomic E-state index is 5.82. The van der Waals surface area contributed by atoms with Crippen molar-refractivity contribution in [3.05, 3.63) is 0 Å². The van der Waals surface area contributed by atoms with Crippen molar-refractivity contribution in [3.63, 3.8) is 0 Å². The van der Waals surface area contributed by atoms with Crippen LogP contribution in [0.3, 0.4) is 0 Å². The summed E-state index contributed by atoms with van der Waals surface area (Å²) >= 11 is 0. The van der Waals surface area contributed by atoms with E-state index in [9.17, 15) is 0 Å². The molecule has 0 bridgehead atoms. The Morgan fingerprint density at radius 1 is 1.57 bits per heavy atom. The molecule has 0 aromatic heterocycles. The molecular formula is C11H24N2O. The SMILES string of the molecule is CCC(C)(CN)CN1CCOCC1C. The third-order valence-corrected chi connectivity index (χ3v) is 3.44. The van der Waals surface area contributed by atoms with E-state index in [4.69, 9.17) is 10.5 Å². The summed E-state index contributed by atoms with van der Waals surface area (Å²) in [6.45, 7) is 11.4. The average Bonchev–Trinajstić information content (AvgIpc) is 2.21. The Hall–Kier alpha value is -0.120. The highest BCUT2D eigenvalue weighted by Crippen LogP contribution is 2.22. The van der Waals surface area contributed by atoms with Crippen molar-refractivity contribution < 1.29 is 4.74 Å². The highest BCUT2D eigenvalue weighted by molar-refractivity contribution is 4.81. The van der Waals surface area contributed by atoms with E-state index in [1.165, 1.54) is 0 Å². The van der Waals surface area contributed by atoms with Crippen LogP contribution in [0.5, 0.6) is 0 Å². The molecule has 14 heavy (non-hydrogen) atoms. The fraction of sp³-hybridized carbons (Fsp3) is 1.00. The van der Waals surface area contributed by atoms with Gasteiger partial charge in [0, 0.05) is 19.1 Å². The second-order valence-corrected chi connectivity index (χ2v) is 4.76. The van der Waals surface area contributed by atoms with Crippen LogP contribution in [-0.2, 0) is 4.74 Å². The molecule has 3 nitrogen and oxygen atoms in total. The van der Waals surface area contributed by atoms with E-state index in [-0.39, 0.29) is 5.41 Å². The highest BCUT2D eigenvalue weighted by Gasteiger charge is 2.27. The molecule has 0 aromatic carbocycles. The van der Waals surface area contributed by atoms with Gasteiger partial charge in [-0.1, -0.05) is 13.8 Å². The van der Waals surface area contributed by atoms with Crippen molar-refractivity contribution in [2.45, 2.75) is 33.2 Å². The van der Waals surface area contributed by atoms with E-state index < -0.39 is 0 Å². The highest BCUT2D eigenvalue weighted by atomic mass is 16.5. The van der Waals surface area contributed by atoms with Gasteiger partial charge in [0.15, 0.2) is 0 Å². The first-order valence-electron chi connectivity index (χ1n) is 5.63. The molecule has 0 aliphatic carbocycles. The van der Waals surface area contributed by atoms with Crippen LogP contribution in [0.4, 0.5) is 0 Å². The largest absolute Gasteiger partial charge is 0.379 e. The van der Waals surface area contributed by atoms with Crippen LogP contribution in [0.25, 0.3) is 0 Å². The van der Waals surface area contributed by atoms with Gasteiger partial charge < -0.3 is 10.5 Å². The molecule has 0 radical (unpaired) electrons. The summed E-state index contributed by atoms with van der Waals surface area (Å²) in [7, 11) is 0. The Balaban J connectivity index is 2.48. The molecule has 1 fully saturated rings. The normalized spacial score (nSPS) is 28.7. The van der Waals surface area contributed by atoms with Gasteiger partial charge in [-0.3, -0.25) is 4.90 Å². The van der Waals surface area contributed by atoms with Crippen LogP contribution in [0, 0.1) is 5.41 Å². The molecule has 2 unspecified atom stereocenters. The van der Waals surface area contributed by atoms with E-state index in [1.54, 1.807) is 0 Å². The van der Waals surface area contributed by atoms with Crippen LogP contribution >= 0.6 is 0 Å². The number of hydrogen-bond donors (Lipinski definition) is 1. The zero-order valence-electron chi connectivity index (χ0n) is 9.75. The summed E-state index contributed by atoms with van der Waals surface area (Å²) in [5, 5.41) is 0. The number of ether oxygens (including phenoxy) is 1. The predicted octanol–water partition coefficient (Wildman–Crippen LogP) is 1.08. The van der Waals surface area contributed by atoms with E-state index >= 15 is 0 Å². The van der Waals surface area contributed by atoms with Crippen molar-refractivity contribution in [2.24, 2.45) is 11.1 Å². The number of rotatable bonds is 4. The lowest BCUT2D eigenvalue weighted by molar-refractivity contribution is -0.0176. The summed E-state index contributed by atoms with van der Waals surface area (Å²) < 4.78 is 5.42. The monoisotopic (exact) mass is 200 g/mol. The minimum Gasteiger partial charge on any atom is -0.379 e. The first kappa shape index (κ1) is 12.0. The van der Waals surface area contributed by atoms with Crippen LogP contribution in [0.1, 0.15) is 27.2 Å². The fourth-order valence-corrected chi connectivity index (χ4v) is 1.81. The van der Waals surface area contributed by atoms with E-state index in [0.717, 1.165) is 39.3 Å². The smallest absolute Gasteiger partial charge is 0.0619 e. The molecule has 1 aliphatic rings. The first-order valence-corrected chi connectivity index (χ1v) is 5.63. The second-order valence-electron chi connectivity index (χ2n) is 4.76. The molecule has 0 saturated carbocycles. The molecule has 1 heterocycles. The van der Waals surface area contributed by atoms with Gasteiger partial charge in [0.1, 0.15) is 0 Å². The standard InChI is InChI=1S/C11H24N2O/c1-4-11(3,8-12)9-13-5-6-14-7-10(13)2/h10H,4-9,12H2,1-3H3. The molecule has 0 amide bonds. The van der Waals surface area contributed by atoms with Gasteiger partial charge in [0.25, 0.3) is 0 Å². The Labute approximate surface area is 87.6 Å². The zero-order valence-corrected chi connectivity index (χ0v) is 9.75. The van der Waals surface area contributed by atoms with Gasteiger partial charge in [0.2, 0.25) is 0 Å². The van der Waals surface area contributed by atoms with Crippen LogP contribution < -0.4 is 5.73 Å². The zero-order chi connectivity index (χ0) is 10.6. The molecule has 2 N–H and O–H groups in total. The lowest BCUT2D eigenvalue weighted by atomic mass is 9.86. The number of morpholine rings is 1.